The van der Waals surface area contributed by atoms with Crippen LogP contribution in [0.4, 0.5) is 0 Å². The van der Waals surface area contributed by atoms with Crippen molar-refractivity contribution >= 4 is 11.2 Å². The van der Waals surface area contributed by atoms with Gasteiger partial charge in [-0.15, -0.1) is 0 Å². The van der Waals surface area contributed by atoms with Crippen molar-refractivity contribution in [3.8, 4) is 5.88 Å². The monoisotopic (exact) mass is 261 g/mol. The van der Waals surface area contributed by atoms with Crippen LogP contribution in [0.15, 0.2) is 12.1 Å². The van der Waals surface area contributed by atoms with Crippen LogP contribution in [0.3, 0.4) is 0 Å². The summed E-state index contributed by atoms with van der Waals surface area (Å²) >= 11 is 0. The first kappa shape index (κ1) is 13.8. The van der Waals surface area contributed by atoms with Crippen molar-refractivity contribution in [1.82, 2.24) is 15.0 Å². The van der Waals surface area contributed by atoms with E-state index < -0.39 is 0 Å². The van der Waals surface area contributed by atoms with Gasteiger partial charge in [0.05, 0.1) is 12.1 Å². The average Bonchev–Trinajstić information content (AvgIpc) is 2.81. The van der Waals surface area contributed by atoms with E-state index in [1.807, 2.05) is 19.1 Å². The summed E-state index contributed by atoms with van der Waals surface area (Å²) in [5, 5.41) is 0. The summed E-state index contributed by atoms with van der Waals surface area (Å²) in [6.07, 6.45) is 7.42. The van der Waals surface area contributed by atoms with E-state index in [0.717, 1.165) is 23.4 Å². The Kier molecular flexibility index (Phi) is 5.19. The molecule has 0 saturated carbocycles. The molecule has 19 heavy (non-hydrogen) atoms. The maximum atomic E-state index is 5.38. The lowest BCUT2D eigenvalue weighted by molar-refractivity contribution is 0.328. The molecule has 2 heterocycles. The van der Waals surface area contributed by atoms with E-state index in [0.29, 0.717) is 12.5 Å². The highest BCUT2D eigenvalue weighted by molar-refractivity contribution is 5.71. The van der Waals surface area contributed by atoms with Crippen LogP contribution in [0.1, 0.15) is 51.8 Å². The van der Waals surface area contributed by atoms with Crippen LogP contribution in [0, 0.1) is 0 Å². The molecule has 0 aromatic carbocycles. The van der Waals surface area contributed by atoms with E-state index in [4.69, 9.17) is 4.74 Å². The minimum atomic E-state index is 0.632. The number of nitrogens with one attached hydrogen (secondary N) is 1. The highest BCUT2D eigenvalue weighted by Gasteiger charge is 2.05. The Bertz CT molecular complexity index is 507. The van der Waals surface area contributed by atoms with Gasteiger partial charge in [0.2, 0.25) is 5.88 Å². The lowest BCUT2D eigenvalue weighted by Crippen LogP contribution is -1.93. The van der Waals surface area contributed by atoms with Crippen LogP contribution < -0.4 is 4.74 Å². The third kappa shape index (κ3) is 3.94. The molecule has 2 rings (SSSR count). The van der Waals surface area contributed by atoms with E-state index in [1.165, 1.54) is 32.1 Å². The third-order valence-electron chi connectivity index (χ3n) is 3.18. The van der Waals surface area contributed by atoms with E-state index in [9.17, 15) is 0 Å². The molecule has 0 spiro atoms. The number of unbranched alkanes of at least 4 members (excludes halogenated alkanes) is 4. The van der Waals surface area contributed by atoms with Crippen molar-refractivity contribution < 1.29 is 4.74 Å². The zero-order valence-corrected chi connectivity index (χ0v) is 11.9. The van der Waals surface area contributed by atoms with Crippen molar-refractivity contribution in [2.75, 3.05) is 6.61 Å². The number of aromatic amines is 1. The summed E-state index contributed by atoms with van der Waals surface area (Å²) in [6, 6.07) is 3.87. The summed E-state index contributed by atoms with van der Waals surface area (Å²) in [5.41, 5.74) is 1.75. The number of H-pyrrole nitrogens is 1. The minimum absolute atomic E-state index is 0.632. The number of rotatable bonds is 8. The van der Waals surface area contributed by atoms with Gasteiger partial charge in [-0.3, -0.25) is 0 Å². The van der Waals surface area contributed by atoms with E-state index in [-0.39, 0.29) is 0 Å². The molecule has 0 aliphatic heterocycles. The van der Waals surface area contributed by atoms with Gasteiger partial charge in [-0.1, -0.05) is 32.6 Å². The SMILES string of the molecule is CCCCCCCc1nc2nc(OCC)ccc2[nH]1. The number of ether oxygens (including phenoxy) is 1. The highest BCUT2D eigenvalue weighted by atomic mass is 16.5. The fourth-order valence-corrected chi connectivity index (χ4v) is 2.17. The summed E-state index contributed by atoms with van der Waals surface area (Å²) in [5.74, 6) is 1.68. The normalized spacial score (nSPS) is 11.1. The predicted molar refractivity (Wildman–Crippen MR) is 77.5 cm³/mol. The van der Waals surface area contributed by atoms with Gasteiger partial charge in [-0.25, -0.2) is 4.98 Å². The second-order valence-corrected chi connectivity index (χ2v) is 4.80. The van der Waals surface area contributed by atoms with Gasteiger partial charge >= 0.3 is 0 Å². The Morgan fingerprint density at radius 1 is 1.05 bits per heavy atom. The van der Waals surface area contributed by atoms with Crippen molar-refractivity contribution in [2.45, 2.75) is 52.4 Å². The number of hydrogen-bond acceptors (Lipinski definition) is 3. The second-order valence-electron chi connectivity index (χ2n) is 4.80. The van der Waals surface area contributed by atoms with Crippen molar-refractivity contribution in [1.29, 1.82) is 0 Å². The van der Waals surface area contributed by atoms with E-state index >= 15 is 0 Å². The smallest absolute Gasteiger partial charge is 0.215 e. The predicted octanol–water partition coefficient (Wildman–Crippen LogP) is 3.87. The Hall–Kier alpha value is -1.58. The molecule has 2 aromatic heterocycles. The molecule has 0 bridgehead atoms. The number of imidazole rings is 1. The molecule has 0 radical (unpaired) electrons. The summed E-state index contributed by atoms with van der Waals surface area (Å²) in [4.78, 5) is 12.2. The van der Waals surface area contributed by atoms with Crippen molar-refractivity contribution in [3.05, 3.63) is 18.0 Å². The zero-order chi connectivity index (χ0) is 13.5. The van der Waals surface area contributed by atoms with E-state index in [2.05, 4.69) is 21.9 Å². The Morgan fingerprint density at radius 3 is 2.68 bits per heavy atom. The van der Waals surface area contributed by atoms with Gasteiger partial charge < -0.3 is 9.72 Å². The molecular formula is C15H23N3O. The van der Waals surface area contributed by atoms with Crippen molar-refractivity contribution in [2.24, 2.45) is 0 Å². The molecular weight excluding hydrogens is 238 g/mol. The third-order valence-corrected chi connectivity index (χ3v) is 3.18. The number of aromatic nitrogens is 3. The van der Waals surface area contributed by atoms with Gasteiger partial charge in [0.15, 0.2) is 5.65 Å². The fraction of sp³-hybridized carbons (Fsp3) is 0.600. The zero-order valence-electron chi connectivity index (χ0n) is 11.9. The molecule has 1 N–H and O–H groups in total. The minimum Gasteiger partial charge on any atom is -0.478 e. The first-order valence-corrected chi connectivity index (χ1v) is 7.32. The highest BCUT2D eigenvalue weighted by Crippen LogP contribution is 2.16. The summed E-state index contributed by atoms with van der Waals surface area (Å²) in [6.45, 7) is 4.83. The van der Waals surface area contributed by atoms with Crippen molar-refractivity contribution in [3.63, 3.8) is 0 Å². The maximum Gasteiger partial charge on any atom is 0.215 e. The molecule has 0 atom stereocenters. The number of aryl methyl sites for hydroxylation is 1. The standard InChI is InChI=1S/C15H23N3O/c1-3-5-6-7-8-9-13-16-12-10-11-14(19-4-2)18-15(12)17-13/h10-11H,3-9H2,1-2H3,(H,16,17,18). The molecule has 104 valence electrons. The van der Waals surface area contributed by atoms with Crippen LogP contribution >= 0.6 is 0 Å². The molecule has 4 heteroatoms. The Labute approximate surface area is 114 Å². The largest absolute Gasteiger partial charge is 0.478 e. The molecule has 0 aliphatic carbocycles. The first-order chi connectivity index (χ1) is 9.33. The Morgan fingerprint density at radius 2 is 1.89 bits per heavy atom. The van der Waals surface area contributed by atoms with Gasteiger partial charge in [0.25, 0.3) is 0 Å². The maximum absolute atomic E-state index is 5.38. The molecule has 0 fully saturated rings. The topological polar surface area (TPSA) is 50.8 Å². The van der Waals surface area contributed by atoms with Gasteiger partial charge in [0, 0.05) is 12.5 Å². The molecule has 0 saturated heterocycles. The lowest BCUT2D eigenvalue weighted by atomic mass is 10.1. The van der Waals surface area contributed by atoms with E-state index in [1.54, 1.807) is 0 Å². The molecule has 0 aliphatic rings. The van der Waals surface area contributed by atoms with Gasteiger partial charge in [0.1, 0.15) is 5.82 Å². The fourth-order valence-electron chi connectivity index (χ4n) is 2.17. The van der Waals surface area contributed by atoms with Gasteiger partial charge in [-0.05, 0) is 19.4 Å². The summed E-state index contributed by atoms with van der Waals surface area (Å²) < 4.78 is 5.38. The summed E-state index contributed by atoms with van der Waals surface area (Å²) in [7, 11) is 0. The average molecular weight is 261 g/mol. The second kappa shape index (κ2) is 7.12. The molecule has 0 amide bonds. The van der Waals surface area contributed by atoms with Crippen LogP contribution in [-0.2, 0) is 6.42 Å². The van der Waals surface area contributed by atoms with Gasteiger partial charge in [-0.2, -0.15) is 4.98 Å². The Balaban J connectivity index is 1.93. The number of nitrogens with zero attached hydrogens (tertiary/aromatic N) is 2. The molecule has 0 unspecified atom stereocenters. The quantitative estimate of drug-likeness (QED) is 0.734. The van der Waals surface area contributed by atoms with Crippen LogP contribution in [0.25, 0.3) is 11.2 Å². The molecule has 2 aromatic rings. The lowest BCUT2D eigenvalue weighted by Gasteiger charge is -1.99. The number of hydrogen-bond donors (Lipinski definition) is 1. The number of pyridine rings is 1. The molecule has 4 nitrogen and oxygen atoms in total. The van der Waals surface area contributed by atoms with Crippen LogP contribution in [-0.4, -0.2) is 21.6 Å². The van der Waals surface area contributed by atoms with Crippen LogP contribution in [0.2, 0.25) is 0 Å². The van der Waals surface area contributed by atoms with Crippen LogP contribution in [0.5, 0.6) is 5.88 Å². The first-order valence-electron chi connectivity index (χ1n) is 7.32. The number of fused-ring (bicyclic) bond motifs is 1.